The van der Waals surface area contributed by atoms with E-state index in [9.17, 15) is 5.11 Å². The Bertz CT molecular complexity index is 829. The third kappa shape index (κ3) is 3.79. The van der Waals surface area contributed by atoms with Crippen LogP contribution in [0.5, 0.6) is 5.75 Å². The largest absolute Gasteiger partial charge is 1.00 e. The van der Waals surface area contributed by atoms with Crippen LogP contribution in [-0.4, -0.2) is 15.8 Å². The van der Waals surface area contributed by atoms with Crippen LogP contribution in [0, 0.1) is 0 Å². The molecule has 0 saturated carbocycles. The number of benzene rings is 2. The van der Waals surface area contributed by atoms with Gasteiger partial charge in [0.1, 0.15) is 5.75 Å². The second-order valence-electron chi connectivity index (χ2n) is 5.03. The highest BCUT2D eigenvalue weighted by Gasteiger charge is 2.11. The molecule has 0 aliphatic carbocycles. The molecule has 0 unspecified atom stereocenters. The van der Waals surface area contributed by atoms with E-state index in [0.717, 1.165) is 5.56 Å². The van der Waals surface area contributed by atoms with Crippen molar-refractivity contribution in [1.82, 2.24) is 4.98 Å². The van der Waals surface area contributed by atoms with Gasteiger partial charge >= 0.3 is 0 Å². The van der Waals surface area contributed by atoms with Crippen molar-refractivity contribution < 1.29 is 27.5 Å². The average Bonchev–Trinajstić information content (AvgIpc) is 2.55. The van der Waals surface area contributed by atoms with Gasteiger partial charge in [-0.2, -0.15) is 0 Å². The minimum absolute atomic E-state index is 0. The molecule has 4 nitrogen and oxygen atoms in total. The first-order chi connectivity index (χ1) is 10.8. The lowest BCUT2D eigenvalue weighted by molar-refractivity contribution is -0.758. The van der Waals surface area contributed by atoms with Crippen molar-refractivity contribution in [2.24, 2.45) is 0 Å². The van der Waals surface area contributed by atoms with E-state index in [-0.39, 0.29) is 18.2 Å². The summed E-state index contributed by atoms with van der Waals surface area (Å²) in [6.45, 7) is 2.23. The molecule has 0 atom stereocenters. The highest BCUT2D eigenvalue weighted by Crippen LogP contribution is 2.18. The Morgan fingerprint density at radius 2 is 1.87 bits per heavy atom. The van der Waals surface area contributed by atoms with E-state index in [2.05, 4.69) is 28.3 Å². The standard InChI is InChI=1S/C18H16N2O2.ClH/c1-13(18-17(21)10-5-11-19-18)20-22-12-15-8-4-7-14-6-2-3-9-16(14)15;/h2-11,21H,12H2,1H3;1H. The second kappa shape index (κ2) is 7.61. The van der Waals surface area contributed by atoms with Crippen molar-refractivity contribution in [3.63, 3.8) is 0 Å². The minimum atomic E-state index is 0. The molecule has 0 aliphatic rings. The fourth-order valence-corrected chi connectivity index (χ4v) is 2.37. The number of pyridine rings is 1. The van der Waals surface area contributed by atoms with Gasteiger partial charge in [0.15, 0.2) is 12.3 Å². The van der Waals surface area contributed by atoms with Crippen LogP contribution >= 0.6 is 0 Å². The number of halogens is 1. The van der Waals surface area contributed by atoms with Crippen LogP contribution in [-0.2, 0) is 11.4 Å². The van der Waals surface area contributed by atoms with Crippen molar-refractivity contribution in [3.05, 3.63) is 72.1 Å². The summed E-state index contributed by atoms with van der Waals surface area (Å²) in [5, 5.41) is 15.0. The Labute approximate surface area is 140 Å². The van der Waals surface area contributed by atoms with Crippen LogP contribution in [0.1, 0.15) is 18.2 Å². The summed E-state index contributed by atoms with van der Waals surface area (Å²) in [7, 11) is 0. The Kier molecular flexibility index (Phi) is 5.55. The molecule has 5 heteroatoms. The molecule has 0 amide bonds. The quantitative estimate of drug-likeness (QED) is 0.475. The van der Waals surface area contributed by atoms with Crippen molar-refractivity contribution in [3.8, 4) is 5.75 Å². The lowest BCUT2D eigenvalue weighted by atomic mass is 10.1. The number of aromatic hydroxyl groups is 1. The van der Waals surface area contributed by atoms with Gasteiger partial charge in [0.2, 0.25) is 0 Å². The van der Waals surface area contributed by atoms with Gasteiger partial charge in [-0.25, -0.2) is 4.98 Å². The molecule has 0 aliphatic heterocycles. The molecule has 1 aromatic heterocycles. The first-order valence-corrected chi connectivity index (χ1v) is 7.08. The average molecular weight is 329 g/mol. The zero-order valence-corrected chi connectivity index (χ0v) is 13.4. The van der Waals surface area contributed by atoms with E-state index >= 15 is 0 Å². The highest BCUT2D eigenvalue weighted by molar-refractivity contribution is 5.94. The summed E-state index contributed by atoms with van der Waals surface area (Å²) in [5.41, 5.74) is 2.25. The van der Waals surface area contributed by atoms with Gasteiger partial charge < -0.3 is 17.5 Å². The molecule has 1 heterocycles. The molecule has 0 bridgehead atoms. The van der Waals surface area contributed by atoms with Crippen LogP contribution in [0.3, 0.4) is 0 Å². The van der Waals surface area contributed by atoms with Gasteiger partial charge in [0.25, 0.3) is 5.71 Å². The predicted molar refractivity (Wildman–Crippen MR) is 85.4 cm³/mol. The summed E-state index contributed by atoms with van der Waals surface area (Å²) in [4.78, 5) is 9.69. The second-order valence-corrected chi connectivity index (χ2v) is 5.03. The van der Waals surface area contributed by atoms with Gasteiger partial charge in [-0.15, -0.1) is 0 Å². The summed E-state index contributed by atoms with van der Waals surface area (Å²) < 4.78 is 0. The third-order valence-electron chi connectivity index (χ3n) is 3.47. The van der Waals surface area contributed by atoms with Gasteiger partial charge in [-0.05, 0) is 28.1 Å². The third-order valence-corrected chi connectivity index (χ3v) is 3.47. The van der Waals surface area contributed by atoms with Gasteiger partial charge in [-0.3, -0.25) is 4.84 Å². The Morgan fingerprint density at radius 3 is 2.70 bits per heavy atom. The zero-order valence-electron chi connectivity index (χ0n) is 12.7. The lowest BCUT2D eigenvalue weighted by Crippen LogP contribution is -3.00. The lowest BCUT2D eigenvalue weighted by Gasteiger charge is -2.03. The smallest absolute Gasteiger partial charge is 0.251 e. The summed E-state index contributed by atoms with van der Waals surface area (Å²) in [6, 6.07) is 17.6. The predicted octanol–water partition coefficient (Wildman–Crippen LogP) is -1.03. The van der Waals surface area contributed by atoms with Crippen LogP contribution in [0.4, 0.5) is 0 Å². The van der Waals surface area contributed by atoms with Gasteiger partial charge in [-0.1, -0.05) is 42.5 Å². The SMILES string of the molecule is CC(=[NH+]OCc1cccc2ccccc12)c1ncccc1O.[Cl-]. The minimum Gasteiger partial charge on any atom is -1.00 e. The van der Waals surface area contributed by atoms with E-state index < -0.39 is 0 Å². The molecule has 3 rings (SSSR count). The maximum atomic E-state index is 9.76. The number of hydrogen-bond donors (Lipinski definition) is 2. The molecule has 118 valence electrons. The number of rotatable bonds is 4. The van der Waals surface area contributed by atoms with Gasteiger partial charge in [0, 0.05) is 18.7 Å². The fourth-order valence-electron chi connectivity index (χ4n) is 2.37. The Balaban J connectivity index is 0.00000192. The van der Waals surface area contributed by atoms with Crippen LogP contribution in [0.15, 0.2) is 60.8 Å². The maximum Gasteiger partial charge on any atom is 0.251 e. The molecular formula is C18H17ClN2O2. The van der Waals surface area contributed by atoms with Gasteiger partial charge in [0.05, 0.1) is 0 Å². The molecule has 0 saturated heterocycles. The van der Waals surface area contributed by atoms with E-state index in [1.54, 1.807) is 18.3 Å². The molecule has 0 radical (unpaired) electrons. The normalized spacial score (nSPS) is 11.1. The monoisotopic (exact) mass is 328 g/mol. The van der Waals surface area contributed by atoms with Crippen molar-refractivity contribution >= 4 is 16.5 Å². The molecule has 0 fully saturated rings. The molecule has 3 aromatic rings. The number of fused-ring (bicyclic) bond motifs is 1. The van der Waals surface area contributed by atoms with E-state index in [1.165, 1.54) is 10.8 Å². The van der Waals surface area contributed by atoms with Crippen molar-refractivity contribution in [2.75, 3.05) is 0 Å². The van der Waals surface area contributed by atoms with Crippen molar-refractivity contribution in [1.29, 1.82) is 0 Å². The van der Waals surface area contributed by atoms with E-state index in [1.807, 2.05) is 31.2 Å². The summed E-state index contributed by atoms with van der Waals surface area (Å²) in [6.07, 6.45) is 1.63. The van der Waals surface area contributed by atoms with Crippen LogP contribution in [0.25, 0.3) is 10.8 Å². The Morgan fingerprint density at radius 1 is 1.09 bits per heavy atom. The number of nitrogens with zero attached hydrogens (tertiary/aromatic N) is 1. The molecule has 2 aromatic carbocycles. The molecule has 0 spiro atoms. The van der Waals surface area contributed by atoms with Crippen LogP contribution in [0.2, 0.25) is 0 Å². The van der Waals surface area contributed by atoms with Crippen LogP contribution < -0.4 is 17.6 Å². The first-order valence-electron chi connectivity index (χ1n) is 7.08. The topological polar surface area (TPSA) is 56.3 Å². The number of aromatic nitrogens is 1. The number of hydrogen-bond acceptors (Lipinski definition) is 3. The van der Waals surface area contributed by atoms with E-state index in [0.29, 0.717) is 18.0 Å². The summed E-state index contributed by atoms with van der Waals surface area (Å²) >= 11 is 0. The van der Waals surface area contributed by atoms with Crippen molar-refractivity contribution in [2.45, 2.75) is 13.5 Å². The molecular weight excluding hydrogens is 312 g/mol. The first kappa shape index (κ1) is 16.8. The molecule has 2 N–H and O–H groups in total. The maximum absolute atomic E-state index is 9.76. The zero-order chi connectivity index (χ0) is 15.4. The fraction of sp³-hybridized carbons (Fsp3) is 0.111. The molecule has 23 heavy (non-hydrogen) atoms. The highest BCUT2D eigenvalue weighted by atomic mass is 35.5. The van der Waals surface area contributed by atoms with E-state index in [4.69, 9.17) is 4.84 Å². The summed E-state index contributed by atoms with van der Waals surface area (Å²) in [5.74, 6) is 0.126. The Hall–Kier alpha value is -2.59. The number of nitrogens with one attached hydrogen (secondary N) is 1.